The molecule has 46 heavy (non-hydrogen) atoms. The molecule has 0 atom stereocenters. The normalized spacial score (nSPS) is 9.98. The third kappa shape index (κ3) is 8.38. The van der Waals surface area contributed by atoms with Crippen LogP contribution in [0.1, 0.15) is 0 Å². The Balaban J connectivity index is 0.000000241. The average molecular weight is 665 g/mol. The van der Waals surface area contributed by atoms with E-state index in [4.69, 9.17) is 21.8 Å². The second-order valence-electron chi connectivity index (χ2n) is 8.59. The van der Waals surface area contributed by atoms with Gasteiger partial charge in [0.25, 0.3) is 22.9 Å². The minimum atomic E-state index is -1.21. The van der Waals surface area contributed by atoms with E-state index in [2.05, 4.69) is 9.88 Å². The number of halogens is 1. The fourth-order valence-electron chi connectivity index (χ4n) is 3.44. The van der Waals surface area contributed by atoms with Crippen LogP contribution in [-0.2, 0) is 0 Å². The molecule has 1 heterocycles. The number of benzene rings is 3. The van der Waals surface area contributed by atoms with Gasteiger partial charge in [0.2, 0.25) is 0 Å². The van der Waals surface area contributed by atoms with Crippen LogP contribution in [0.15, 0.2) is 54.7 Å². The quantitative estimate of drug-likeness (QED) is 0.189. The van der Waals surface area contributed by atoms with Gasteiger partial charge in [-0.05, 0) is 24.3 Å². The van der Waals surface area contributed by atoms with Gasteiger partial charge in [-0.25, -0.2) is 0 Å². The van der Waals surface area contributed by atoms with Gasteiger partial charge in [-0.3, -0.25) is 65.7 Å². The van der Waals surface area contributed by atoms with Crippen molar-refractivity contribution in [2.24, 2.45) is 0 Å². The van der Waals surface area contributed by atoms with E-state index in [1.54, 1.807) is 6.20 Å². The Kier molecular flexibility index (Phi) is 11.2. The van der Waals surface area contributed by atoms with Crippen LogP contribution in [0, 0.1) is 60.7 Å². The molecule has 240 valence electrons. The van der Waals surface area contributed by atoms with Gasteiger partial charge in [0.05, 0.1) is 59.3 Å². The van der Waals surface area contributed by atoms with Gasteiger partial charge < -0.3 is 15.1 Å². The molecule has 0 aliphatic carbocycles. The third-order valence-corrected chi connectivity index (χ3v) is 5.72. The number of hydrogen-bond donors (Lipinski definition) is 2. The highest BCUT2D eigenvalue weighted by molar-refractivity contribution is 6.31. The number of non-ortho nitro benzene ring substituents is 2. The minimum Gasteiger partial charge on any atom is -0.497 e. The number of aromatic nitrogens is 1. The van der Waals surface area contributed by atoms with E-state index in [9.17, 15) is 60.7 Å². The maximum Gasteiger partial charge on any atom is 0.324 e. The topological polar surface area (TPSA) is 315 Å². The minimum absolute atomic E-state index is 0.447. The summed E-state index contributed by atoms with van der Waals surface area (Å²) in [5, 5.41) is 82.3. The van der Waals surface area contributed by atoms with Crippen molar-refractivity contribution in [2.45, 2.75) is 0 Å². The summed E-state index contributed by atoms with van der Waals surface area (Å²) in [6.07, 6.45) is 1.80. The van der Waals surface area contributed by atoms with Crippen LogP contribution < -0.4 is 4.90 Å². The molecule has 0 aliphatic rings. The molecule has 0 saturated carbocycles. The van der Waals surface area contributed by atoms with Gasteiger partial charge in [0.1, 0.15) is 0 Å². The van der Waals surface area contributed by atoms with Gasteiger partial charge >= 0.3 is 22.7 Å². The van der Waals surface area contributed by atoms with Crippen molar-refractivity contribution in [3.63, 3.8) is 0 Å². The zero-order valence-electron chi connectivity index (χ0n) is 22.9. The molecule has 0 fully saturated rings. The molecule has 0 bridgehead atoms. The van der Waals surface area contributed by atoms with Gasteiger partial charge in [-0.2, -0.15) is 0 Å². The molecule has 1 aromatic heterocycles. The Morgan fingerprint density at radius 3 is 1.28 bits per heavy atom. The van der Waals surface area contributed by atoms with Crippen molar-refractivity contribution in [1.82, 2.24) is 4.98 Å². The summed E-state index contributed by atoms with van der Waals surface area (Å²) in [4.78, 5) is 61.9. The highest BCUT2D eigenvalue weighted by atomic mass is 35.5. The molecule has 0 saturated heterocycles. The maximum absolute atomic E-state index is 10.4. The smallest absolute Gasteiger partial charge is 0.324 e. The Labute approximate surface area is 258 Å². The molecular weight excluding hydrogens is 648 g/mol. The van der Waals surface area contributed by atoms with E-state index in [0.717, 1.165) is 21.6 Å². The lowest BCUT2D eigenvalue weighted by Crippen LogP contribution is -2.09. The molecule has 0 aliphatic heterocycles. The molecule has 0 spiro atoms. The number of nitrogens with zero attached hydrogens (tertiary/aromatic N) is 8. The van der Waals surface area contributed by atoms with Crippen molar-refractivity contribution in [1.29, 1.82) is 0 Å². The lowest BCUT2D eigenvalue weighted by atomic mass is 10.2. The fourth-order valence-corrected chi connectivity index (χ4v) is 3.61. The number of pyridine rings is 1. The summed E-state index contributed by atoms with van der Waals surface area (Å²) in [6.45, 7) is 0. The van der Waals surface area contributed by atoms with Gasteiger partial charge in [-0.15, -0.1) is 0 Å². The highest BCUT2D eigenvalue weighted by Crippen LogP contribution is 2.40. The van der Waals surface area contributed by atoms with Crippen LogP contribution in [0.3, 0.4) is 0 Å². The summed E-state index contributed by atoms with van der Waals surface area (Å²) in [5.41, 5.74) is -3.91. The van der Waals surface area contributed by atoms with Crippen LogP contribution in [0.25, 0.3) is 10.9 Å². The molecule has 0 radical (unpaired) electrons. The summed E-state index contributed by atoms with van der Waals surface area (Å²) in [5.74, 6) is -2.42. The number of nitro groups is 6. The first kappa shape index (κ1) is 35.4. The first-order valence-electron chi connectivity index (χ1n) is 11.7. The maximum atomic E-state index is 10.4. The first-order chi connectivity index (χ1) is 21.4. The molecule has 0 amide bonds. The number of fused-ring (bicyclic) bond motifs is 1. The predicted octanol–water partition coefficient (Wildman–Crippen LogP) is 5.19. The van der Waals surface area contributed by atoms with Crippen molar-refractivity contribution in [3.8, 4) is 11.5 Å². The highest BCUT2D eigenvalue weighted by Gasteiger charge is 2.31. The molecule has 4 rings (SSSR count). The average Bonchev–Trinajstić information content (AvgIpc) is 2.96. The second-order valence-corrected chi connectivity index (χ2v) is 9.03. The zero-order valence-corrected chi connectivity index (χ0v) is 23.7. The molecule has 3 aromatic carbocycles. The predicted molar refractivity (Wildman–Crippen MR) is 157 cm³/mol. The van der Waals surface area contributed by atoms with E-state index in [1.165, 1.54) is 0 Å². The second kappa shape index (κ2) is 14.6. The molecule has 2 N–H and O–H groups in total. The van der Waals surface area contributed by atoms with Crippen LogP contribution in [0.2, 0.25) is 5.02 Å². The van der Waals surface area contributed by atoms with Crippen LogP contribution in [-0.4, -0.2) is 58.8 Å². The standard InChI is InChI=1S/C11H11ClN2.2C6H3N3O7/c1-14(2)11-5-6-13-10-7-8(12)3-4-9(10)11;2*10-6-4(8(13)14)1-3(7(11)12)2-5(6)9(15)16/h3-7H,1-2H3;2*1-2,10H. The molecular formula is C23H17ClN8O14. The van der Waals surface area contributed by atoms with Crippen LogP contribution in [0.4, 0.5) is 39.8 Å². The van der Waals surface area contributed by atoms with E-state index in [1.807, 2.05) is 38.4 Å². The number of phenolic OH excluding ortho intramolecular Hbond substituents is 2. The molecule has 22 nitrogen and oxygen atoms in total. The number of nitro benzene ring substituents is 6. The fraction of sp³-hybridized carbons (Fsp3) is 0.0870. The van der Waals surface area contributed by atoms with Crippen molar-refractivity contribution >= 4 is 62.3 Å². The van der Waals surface area contributed by atoms with Crippen molar-refractivity contribution in [3.05, 3.63) is 120 Å². The number of hydrogen-bond acceptors (Lipinski definition) is 16. The van der Waals surface area contributed by atoms with E-state index in [0.29, 0.717) is 24.3 Å². The molecule has 4 aromatic rings. The summed E-state index contributed by atoms with van der Waals surface area (Å²) in [6, 6.07) is 9.55. The SMILES string of the molecule is CN(C)c1ccnc2cc(Cl)ccc12.O=[N+]([O-])c1cc([N+](=O)[O-])c(O)c([N+](=O)[O-])c1.O=[N+]([O-])c1cc([N+](=O)[O-])c(O)c([N+](=O)[O-])c1. The van der Waals surface area contributed by atoms with E-state index in [-0.39, 0.29) is 0 Å². The van der Waals surface area contributed by atoms with Gasteiger partial charge in [0, 0.05) is 36.4 Å². The van der Waals surface area contributed by atoms with Crippen molar-refractivity contribution < 1.29 is 39.8 Å². The lowest BCUT2D eigenvalue weighted by Gasteiger charge is -2.14. The Morgan fingerprint density at radius 1 is 0.609 bits per heavy atom. The Bertz CT molecular complexity index is 1740. The summed E-state index contributed by atoms with van der Waals surface area (Å²) in [7, 11) is 4.03. The largest absolute Gasteiger partial charge is 0.497 e. The Morgan fingerprint density at radius 2 is 0.978 bits per heavy atom. The monoisotopic (exact) mass is 664 g/mol. The number of anilines is 1. The van der Waals surface area contributed by atoms with Crippen LogP contribution >= 0.6 is 11.6 Å². The van der Waals surface area contributed by atoms with Gasteiger partial charge in [-0.1, -0.05) is 11.6 Å². The van der Waals surface area contributed by atoms with Crippen molar-refractivity contribution in [2.75, 3.05) is 19.0 Å². The Hall–Kier alpha value is -6.84. The molecule has 0 unspecified atom stereocenters. The first-order valence-corrected chi connectivity index (χ1v) is 12.1. The summed E-state index contributed by atoms with van der Waals surface area (Å²) >= 11 is 5.90. The number of phenols is 2. The zero-order chi connectivity index (χ0) is 35.0. The van der Waals surface area contributed by atoms with E-state index < -0.39 is 75.2 Å². The number of rotatable bonds is 7. The molecule has 23 heteroatoms. The summed E-state index contributed by atoms with van der Waals surface area (Å²) < 4.78 is 0. The van der Waals surface area contributed by atoms with E-state index >= 15 is 0 Å². The third-order valence-electron chi connectivity index (χ3n) is 5.48. The van der Waals surface area contributed by atoms with Crippen LogP contribution in [0.5, 0.6) is 11.5 Å². The lowest BCUT2D eigenvalue weighted by molar-refractivity contribution is -0.404. The van der Waals surface area contributed by atoms with Gasteiger partial charge in [0.15, 0.2) is 0 Å². The number of aromatic hydroxyl groups is 2.